The Balaban J connectivity index is 1.85. The minimum absolute atomic E-state index is 0.0689. The fraction of sp³-hybridized carbons (Fsp3) is 0.389. The van der Waals surface area contributed by atoms with Gasteiger partial charge in [0.05, 0.1) is 12.2 Å². The van der Waals surface area contributed by atoms with E-state index in [2.05, 4.69) is 9.97 Å². The van der Waals surface area contributed by atoms with Gasteiger partial charge in [-0.2, -0.15) is 4.98 Å². The van der Waals surface area contributed by atoms with Crippen LogP contribution in [-0.2, 0) is 11.2 Å². The molecule has 7 nitrogen and oxygen atoms in total. The van der Waals surface area contributed by atoms with Crippen molar-refractivity contribution in [2.24, 2.45) is 0 Å². The third-order valence-electron chi connectivity index (χ3n) is 4.63. The van der Waals surface area contributed by atoms with Gasteiger partial charge >= 0.3 is 0 Å². The van der Waals surface area contributed by atoms with Crippen molar-refractivity contribution in [3.8, 4) is 5.88 Å². The summed E-state index contributed by atoms with van der Waals surface area (Å²) in [4.78, 5) is 24.0. The van der Waals surface area contributed by atoms with Gasteiger partial charge in [0, 0.05) is 30.8 Å². The molecular weight excluding hydrogens is 318 g/mol. The summed E-state index contributed by atoms with van der Waals surface area (Å²) in [5.74, 6) is 0.100. The number of aromatic hydroxyl groups is 1. The lowest BCUT2D eigenvalue weighted by Gasteiger charge is -2.32. The van der Waals surface area contributed by atoms with Crippen molar-refractivity contribution in [1.29, 1.82) is 0 Å². The minimum Gasteiger partial charge on any atom is -0.493 e. The topological polar surface area (TPSA) is 95.6 Å². The second-order valence-electron chi connectivity index (χ2n) is 6.54. The quantitative estimate of drug-likeness (QED) is 0.872. The number of piperazine rings is 1. The molecule has 3 N–H and O–H groups in total. The Kier molecular flexibility index (Phi) is 4.59. The highest BCUT2D eigenvalue weighted by Gasteiger charge is 2.23. The molecule has 1 aliphatic rings. The maximum absolute atomic E-state index is 12.2. The van der Waals surface area contributed by atoms with E-state index in [0.29, 0.717) is 30.8 Å². The summed E-state index contributed by atoms with van der Waals surface area (Å²) in [6, 6.07) is 5.96. The Morgan fingerprint density at radius 1 is 1.24 bits per heavy atom. The molecule has 0 atom stereocenters. The summed E-state index contributed by atoms with van der Waals surface area (Å²) in [6.07, 6.45) is 0.515. The Morgan fingerprint density at radius 3 is 2.64 bits per heavy atom. The van der Waals surface area contributed by atoms with Gasteiger partial charge in [0.25, 0.3) is 0 Å². The first-order valence-corrected chi connectivity index (χ1v) is 8.25. The molecule has 0 bridgehead atoms. The lowest BCUT2D eigenvalue weighted by molar-refractivity contribution is -0.120. The van der Waals surface area contributed by atoms with E-state index in [9.17, 15) is 9.90 Å². The SMILES string of the molecule is Cc1cc(N2CCN(C)CC2=O)ccc1Cc1c(C)nc(N)nc1O. The van der Waals surface area contributed by atoms with Crippen LogP contribution in [-0.4, -0.2) is 52.6 Å². The number of nitrogen functional groups attached to an aromatic ring is 1. The number of hydrogen-bond acceptors (Lipinski definition) is 6. The van der Waals surface area contributed by atoms with Gasteiger partial charge in [-0.15, -0.1) is 0 Å². The van der Waals surface area contributed by atoms with E-state index >= 15 is 0 Å². The van der Waals surface area contributed by atoms with Gasteiger partial charge in [0.2, 0.25) is 17.7 Å². The number of aryl methyl sites for hydroxylation is 2. The molecule has 1 saturated heterocycles. The number of likely N-dealkylation sites (N-methyl/N-ethyl adjacent to an activating group) is 1. The van der Waals surface area contributed by atoms with Gasteiger partial charge in [0.1, 0.15) is 0 Å². The van der Waals surface area contributed by atoms with E-state index in [4.69, 9.17) is 5.73 Å². The molecule has 1 aromatic heterocycles. The zero-order valence-electron chi connectivity index (χ0n) is 14.8. The van der Waals surface area contributed by atoms with Crippen molar-refractivity contribution in [3.05, 3.63) is 40.6 Å². The molecule has 1 amide bonds. The van der Waals surface area contributed by atoms with Gasteiger partial charge in [-0.25, -0.2) is 4.98 Å². The van der Waals surface area contributed by atoms with Crippen molar-refractivity contribution in [2.45, 2.75) is 20.3 Å². The van der Waals surface area contributed by atoms with Gasteiger partial charge in [-0.05, 0) is 44.2 Å². The zero-order valence-corrected chi connectivity index (χ0v) is 14.8. The summed E-state index contributed by atoms with van der Waals surface area (Å²) in [5, 5.41) is 10.1. The summed E-state index contributed by atoms with van der Waals surface area (Å²) in [5.41, 5.74) is 9.91. The fourth-order valence-corrected chi connectivity index (χ4v) is 3.11. The molecular formula is C18H23N5O2. The number of benzene rings is 1. The maximum Gasteiger partial charge on any atom is 0.241 e. The molecule has 2 heterocycles. The lowest BCUT2D eigenvalue weighted by atomic mass is 9.99. The minimum atomic E-state index is -0.0808. The van der Waals surface area contributed by atoms with E-state index in [1.165, 1.54) is 0 Å². The molecule has 0 saturated carbocycles. The van der Waals surface area contributed by atoms with Crippen LogP contribution < -0.4 is 10.6 Å². The molecule has 7 heteroatoms. The number of nitrogens with two attached hydrogens (primary N) is 1. The van der Waals surface area contributed by atoms with Crippen molar-refractivity contribution < 1.29 is 9.90 Å². The number of hydrogen-bond donors (Lipinski definition) is 2. The average Bonchev–Trinajstić information content (AvgIpc) is 2.52. The second kappa shape index (κ2) is 6.68. The fourth-order valence-electron chi connectivity index (χ4n) is 3.11. The normalized spacial score (nSPS) is 15.6. The molecule has 1 fully saturated rings. The Labute approximate surface area is 147 Å². The monoisotopic (exact) mass is 341 g/mol. The summed E-state index contributed by atoms with van der Waals surface area (Å²) in [7, 11) is 1.95. The molecule has 0 aliphatic carbocycles. The number of nitrogens with zero attached hydrogens (tertiary/aromatic N) is 4. The van der Waals surface area contributed by atoms with Crippen LogP contribution in [0.25, 0.3) is 0 Å². The van der Waals surface area contributed by atoms with E-state index < -0.39 is 0 Å². The standard InChI is InChI=1S/C18H23N5O2/c1-11-8-14(23-7-6-22(3)10-16(23)24)5-4-13(11)9-15-12(2)20-18(19)21-17(15)25/h4-5,8H,6-7,9-10H2,1-3H3,(H3,19,20,21,25). The van der Waals surface area contributed by atoms with Gasteiger partial charge in [-0.1, -0.05) is 6.07 Å². The highest BCUT2D eigenvalue weighted by atomic mass is 16.3. The predicted molar refractivity (Wildman–Crippen MR) is 96.7 cm³/mol. The highest BCUT2D eigenvalue weighted by Crippen LogP contribution is 2.26. The molecule has 0 radical (unpaired) electrons. The predicted octanol–water partition coefficient (Wildman–Crippen LogP) is 1.25. The molecule has 2 aromatic rings. The number of anilines is 2. The zero-order chi connectivity index (χ0) is 18.1. The average molecular weight is 341 g/mol. The van der Waals surface area contributed by atoms with Crippen molar-refractivity contribution >= 4 is 17.5 Å². The molecule has 3 rings (SSSR count). The number of carbonyl (C=O) groups excluding carboxylic acids is 1. The van der Waals surface area contributed by atoms with Crippen LogP contribution in [0, 0.1) is 13.8 Å². The molecule has 0 unspecified atom stereocenters. The highest BCUT2D eigenvalue weighted by molar-refractivity contribution is 5.95. The summed E-state index contributed by atoms with van der Waals surface area (Å²) in [6.45, 7) is 5.81. The van der Waals surface area contributed by atoms with Crippen LogP contribution in [0.2, 0.25) is 0 Å². The number of rotatable bonds is 3. The van der Waals surface area contributed by atoms with E-state index in [0.717, 1.165) is 23.4 Å². The molecule has 25 heavy (non-hydrogen) atoms. The number of carbonyl (C=O) groups is 1. The van der Waals surface area contributed by atoms with Crippen LogP contribution >= 0.6 is 0 Å². The molecule has 1 aromatic carbocycles. The van der Waals surface area contributed by atoms with E-state index in [-0.39, 0.29) is 17.7 Å². The van der Waals surface area contributed by atoms with Crippen molar-refractivity contribution in [1.82, 2.24) is 14.9 Å². The lowest BCUT2D eigenvalue weighted by Crippen LogP contribution is -2.48. The van der Waals surface area contributed by atoms with Crippen molar-refractivity contribution in [2.75, 3.05) is 37.3 Å². The van der Waals surface area contributed by atoms with Crippen LogP contribution in [0.4, 0.5) is 11.6 Å². The molecule has 0 spiro atoms. The largest absolute Gasteiger partial charge is 0.493 e. The first-order valence-electron chi connectivity index (χ1n) is 8.25. The van der Waals surface area contributed by atoms with Crippen LogP contribution in [0.3, 0.4) is 0 Å². The molecule has 1 aliphatic heterocycles. The summed E-state index contributed by atoms with van der Waals surface area (Å²) < 4.78 is 0. The number of aromatic nitrogens is 2. The third-order valence-corrected chi connectivity index (χ3v) is 4.63. The van der Waals surface area contributed by atoms with Crippen LogP contribution in [0.15, 0.2) is 18.2 Å². The van der Waals surface area contributed by atoms with Gasteiger partial charge < -0.3 is 15.7 Å². The first-order chi connectivity index (χ1) is 11.8. The van der Waals surface area contributed by atoms with Gasteiger partial charge in [0.15, 0.2) is 0 Å². The Hall–Kier alpha value is -2.67. The van der Waals surface area contributed by atoms with E-state index in [1.807, 2.05) is 42.0 Å². The Morgan fingerprint density at radius 2 is 2.00 bits per heavy atom. The maximum atomic E-state index is 12.2. The van der Waals surface area contributed by atoms with Crippen LogP contribution in [0.5, 0.6) is 5.88 Å². The summed E-state index contributed by atoms with van der Waals surface area (Å²) >= 11 is 0. The number of amides is 1. The van der Waals surface area contributed by atoms with Crippen LogP contribution in [0.1, 0.15) is 22.4 Å². The first kappa shape index (κ1) is 17.2. The van der Waals surface area contributed by atoms with Crippen molar-refractivity contribution in [3.63, 3.8) is 0 Å². The smallest absolute Gasteiger partial charge is 0.241 e. The Bertz CT molecular complexity index is 798. The molecule has 132 valence electrons. The second-order valence-corrected chi connectivity index (χ2v) is 6.54. The van der Waals surface area contributed by atoms with E-state index in [1.54, 1.807) is 6.92 Å². The third kappa shape index (κ3) is 3.56. The van der Waals surface area contributed by atoms with Gasteiger partial charge in [-0.3, -0.25) is 9.69 Å².